The quantitative estimate of drug-likeness (QED) is 0.870. The number of aromatic nitrogens is 2. The lowest BCUT2D eigenvalue weighted by Crippen LogP contribution is -2.52. The molecule has 0 spiro atoms. The van der Waals surface area contributed by atoms with Gasteiger partial charge in [0.15, 0.2) is 0 Å². The van der Waals surface area contributed by atoms with E-state index < -0.39 is 18.0 Å². The van der Waals surface area contributed by atoms with Gasteiger partial charge in [-0.05, 0) is 56.8 Å². The van der Waals surface area contributed by atoms with Crippen LogP contribution in [0.25, 0.3) is 0 Å². The van der Waals surface area contributed by atoms with Gasteiger partial charge in [-0.2, -0.15) is 18.2 Å². The number of hydrogen-bond acceptors (Lipinski definition) is 6. The van der Waals surface area contributed by atoms with Crippen molar-refractivity contribution in [3.05, 3.63) is 5.82 Å². The van der Waals surface area contributed by atoms with Crippen molar-refractivity contribution in [1.82, 2.24) is 15.0 Å². The molecule has 26 heavy (non-hydrogen) atoms. The number of aliphatic carboxylic acids is 1. The number of hydrogen-bond donors (Lipinski definition) is 1. The molecule has 4 rings (SSSR count). The van der Waals surface area contributed by atoms with Crippen molar-refractivity contribution in [3.63, 3.8) is 0 Å². The van der Waals surface area contributed by atoms with Gasteiger partial charge in [-0.1, -0.05) is 0 Å². The summed E-state index contributed by atoms with van der Waals surface area (Å²) in [6.45, 7) is 1.53. The van der Waals surface area contributed by atoms with Crippen LogP contribution in [0.3, 0.4) is 0 Å². The molecule has 4 heterocycles. The molecule has 144 valence electrons. The Hall–Kier alpha value is -1.84. The van der Waals surface area contributed by atoms with Gasteiger partial charge in [-0.25, -0.2) is 0 Å². The summed E-state index contributed by atoms with van der Waals surface area (Å²) < 4.78 is 43.1. The lowest BCUT2D eigenvalue weighted by Gasteiger charge is -2.44. The molecule has 10 heteroatoms. The maximum atomic E-state index is 12.7. The van der Waals surface area contributed by atoms with Gasteiger partial charge in [-0.3, -0.25) is 4.79 Å². The molecule has 0 radical (unpaired) electrons. The van der Waals surface area contributed by atoms with Crippen LogP contribution < -0.4 is 4.90 Å². The molecule has 3 aliphatic heterocycles. The van der Waals surface area contributed by atoms with E-state index in [0.717, 1.165) is 38.8 Å². The number of carboxylic acids is 1. The molecule has 0 aromatic carbocycles. The Bertz CT molecular complexity index is 658. The van der Waals surface area contributed by atoms with Gasteiger partial charge in [0, 0.05) is 18.1 Å². The van der Waals surface area contributed by atoms with Crippen LogP contribution in [-0.4, -0.2) is 57.3 Å². The van der Waals surface area contributed by atoms with Gasteiger partial charge >= 0.3 is 18.2 Å². The Morgan fingerprint density at radius 2 is 1.69 bits per heavy atom. The summed E-state index contributed by atoms with van der Waals surface area (Å²) in [6, 6.07) is 0.492. The Labute approximate surface area is 148 Å². The number of carboxylic acid groups (broad SMARTS) is 1. The number of halogens is 3. The number of rotatable bonds is 3. The summed E-state index contributed by atoms with van der Waals surface area (Å²) in [4.78, 5) is 18.9. The first-order valence-electron chi connectivity index (χ1n) is 8.99. The summed E-state index contributed by atoms with van der Waals surface area (Å²) in [5.41, 5.74) is 0. The average molecular weight is 374 g/mol. The summed E-state index contributed by atoms with van der Waals surface area (Å²) in [7, 11) is 0. The van der Waals surface area contributed by atoms with Gasteiger partial charge < -0.3 is 19.4 Å². The molecule has 2 bridgehead atoms. The molecule has 7 nitrogen and oxygen atoms in total. The number of fused-ring (bicyclic) bond motifs is 2. The van der Waals surface area contributed by atoms with Crippen LogP contribution in [0.4, 0.5) is 19.2 Å². The lowest BCUT2D eigenvalue weighted by molar-refractivity contribution is -0.146. The Kier molecular flexibility index (Phi) is 4.32. The second-order valence-corrected chi connectivity index (χ2v) is 7.46. The van der Waals surface area contributed by atoms with E-state index >= 15 is 0 Å². The fraction of sp³-hybridized carbons (Fsp3) is 0.812. The second-order valence-electron chi connectivity index (χ2n) is 7.46. The minimum atomic E-state index is -4.60. The van der Waals surface area contributed by atoms with E-state index in [4.69, 9.17) is 9.63 Å². The summed E-state index contributed by atoms with van der Waals surface area (Å²) >= 11 is 0. The normalized spacial score (nSPS) is 30.7. The van der Waals surface area contributed by atoms with Crippen LogP contribution in [0.1, 0.15) is 44.3 Å². The highest BCUT2D eigenvalue weighted by atomic mass is 19.4. The van der Waals surface area contributed by atoms with Crippen molar-refractivity contribution in [2.45, 2.75) is 62.8 Å². The monoisotopic (exact) mass is 374 g/mol. The van der Waals surface area contributed by atoms with E-state index in [1.807, 2.05) is 4.90 Å². The van der Waals surface area contributed by atoms with E-state index in [9.17, 15) is 18.0 Å². The average Bonchev–Trinajstić information content (AvgIpc) is 3.17. The highest BCUT2D eigenvalue weighted by molar-refractivity contribution is 5.70. The van der Waals surface area contributed by atoms with Crippen LogP contribution in [0.15, 0.2) is 4.52 Å². The molecule has 3 fully saturated rings. The molecule has 0 aliphatic carbocycles. The van der Waals surface area contributed by atoms with Crippen LogP contribution >= 0.6 is 0 Å². The number of alkyl halides is 3. The number of carbonyl (C=O) groups is 1. The van der Waals surface area contributed by atoms with Gasteiger partial charge in [0.25, 0.3) is 5.82 Å². The molecular weight excluding hydrogens is 353 g/mol. The van der Waals surface area contributed by atoms with Crippen molar-refractivity contribution < 1.29 is 27.6 Å². The molecule has 3 saturated heterocycles. The highest BCUT2D eigenvalue weighted by Crippen LogP contribution is 2.41. The van der Waals surface area contributed by atoms with Crippen molar-refractivity contribution in [2.75, 3.05) is 18.0 Å². The van der Waals surface area contributed by atoms with Crippen LogP contribution in [-0.2, 0) is 11.0 Å². The minimum Gasteiger partial charge on any atom is -0.481 e. The number of nitrogens with zero attached hydrogens (tertiary/aromatic N) is 4. The lowest BCUT2D eigenvalue weighted by atomic mass is 9.91. The third kappa shape index (κ3) is 3.15. The largest absolute Gasteiger partial charge is 0.481 e. The van der Waals surface area contributed by atoms with Crippen molar-refractivity contribution >= 4 is 12.0 Å². The fourth-order valence-electron chi connectivity index (χ4n) is 4.71. The van der Waals surface area contributed by atoms with E-state index in [1.54, 1.807) is 0 Å². The zero-order valence-corrected chi connectivity index (χ0v) is 14.2. The van der Waals surface area contributed by atoms with E-state index in [2.05, 4.69) is 15.0 Å². The van der Waals surface area contributed by atoms with Gasteiger partial charge in [0.05, 0.1) is 5.92 Å². The summed E-state index contributed by atoms with van der Waals surface area (Å²) in [6.07, 6.45) is 0.170. The first kappa shape index (κ1) is 17.6. The zero-order valence-electron chi connectivity index (χ0n) is 14.2. The smallest absolute Gasteiger partial charge is 0.455 e. The predicted molar refractivity (Wildman–Crippen MR) is 83.5 cm³/mol. The van der Waals surface area contributed by atoms with Gasteiger partial charge in [-0.15, -0.1) is 0 Å². The Morgan fingerprint density at radius 3 is 2.19 bits per heavy atom. The van der Waals surface area contributed by atoms with Crippen molar-refractivity contribution in [3.8, 4) is 0 Å². The Morgan fingerprint density at radius 1 is 1.08 bits per heavy atom. The first-order chi connectivity index (χ1) is 12.3. The number of anilines is 1. The zero-order chi connectivity index (χ0) is 18.5. The predicted octanol–water partition coefficient (Wildman–Crippen LogP) is 2.38. The molecule has 1 unspecified atom stereocenters. The fourth-order valence-corrected chi connectivity index (χ4v) is 4.71. The molecule has 3 aliphatic rings. The molecule has 1 N–H and O–H groups in total. The SMILES string of the molecule is O=C(O)C1CCN(C2C[C@H]3CC[C@@H](C2)N3c2nc(C(F)(F)F)no2)CC1. The minimum absolute atomic E-state index is 0.0344. The molecule has 3 atom stereocenters. The second kappa shape index (κ2) is 6.40. The van der Waals surface area contributed by atoms with E-state index in [-0.39, 0.29) is 24.0 Å². The van der Waals surface area contributed by atoms with Crippen molar-refractivity contribution in [2.24, 2.45) is 5.92 Å². The van der Waals surface area contributed by atoms with E-state index in [1.165, 1.54) is 0 Å². The molecular formula is C16H21F3N4O3. The maximum Gasteiger partial charge on any atom is 0.455 e. The van der Waals surface area contributed by atoms with Crippen LogP contribution in [0.5, 0.6) is 0 Å². The molecule has 1 aromatic heterocycles. The number of piperidine rings is 2. The maximum absolute atomic E-state index is 12.7. The van der Waals surface area contributed by atoms with Crippen LogP contribution in [0, 0.1) is 5.92 Å². The first-order valence-corrected chi connectivity index (χ1v) is 8.99. The third-order valence-electron chi connectivity index (χ3n) is 5.99. The van der Waals surface area contributed by atoms with Gasteiger partial charge in [0.1, 0.15) is 0 Å². The number of likely N-dealkylation sites (tertiary alicyclic amines) is 1. The summed E-state index contributed by atoms with van der Waals surface area (Å²) in [5, 5.41) is 12.2. The molecule has 0 amide bonds. The van der Waals surface area contributed by atoms with Crippen molar-refractivity contribution in [1.29, 1.82) is 0 Å². The molecule has 1 aromatic rings. The highest BCUT2D eigenvalue weighted by Gasteiger charge is 2.46. The molecule has 0 saturated carbocycles. The van der Waals surface area contributed by atoms with Gasteiger partial charge in [0.2, 0.25) is 0 Å². The third-order valence-corrected chi connectivity index (χ3v) is 5.99. The topological polar surface area (TPSA) is 82.7 Å². The standard InChI is InChI=1S/C16H21F3N4O3/c17-16(18,19)14-20-15(26-21-14)23-10-1-2-11(23)8-12(7-10)22-5-3-9(4-6-22)13(24)25/h9-12H,1-8H2,(H,24,25)/t10-,11+,12?. The summed E-state index contributed by atoms with van der Waals surface area (Å²) in [5.74, 6) is -2.22. The Balaban J connectivity index is 1.42. The van der Waals surface area contributed by atoms with Crippen LogP contribution in [0.2, 0.25) is 0 Å². The van der Waals surface area contributed by atoms with E-state index in [0.29, 0.717) is 18.9 Å².